The van der Waals surface area contributed by atoms with Crippen LogP contribution in [0.5, 0.6) is 11.5 Å². The first-order valence-electron chi connectivity index (χ1n) is 9.25. The van der Waals surface area contributed by atoms with Crippen molar-refractivity contribution in [2.24, 2.45) is 0 Å². The van der Waals surface area contributed by atoms with Crippen LogP contribution < -0.4 is 14.8 Å². The van der Waals surface area contributed by atoms with E-state index in [1.807, 2.05) is 0 Å². The summed E-state index contributed by atoms with van der Waals surface area (Å²) in [6.07, 6.45) is 0.316. The topological polar surface area (TPSA) is 111 Å². The van der Waals surface area contributed by atoms with Crippen LogP contribution in [0.15, 0.2) is 18.2 Å². The van der Waals surface area contributed by atoms with Crippen molar-refractivity contribution in [3.05, 3.63) is 23.8 Å². The van der Waals surface area contributed by atoms with Crippen LogP contribution >= 0.6 is 0 Å². The summed E-state index contributed by atoms with van der Waals surface area (Å²) in [4.78, 5) is 26.6. The third-order valence-corrected chi connectivity index (χ3v) is 6.65. The number of hydrogen-bond donors (Lipinski definition) is 1. The maximum atomic E-state index is 12.8. The van der Waals surface area contributed by atoms with Gasteiger partial charge in [0.25, 0.3) is 0 Å². The minimum Gasteiger partial charge on any atom is -0.493 e. The molecule has 0 saturated carbocycles. The van der Waals surface area contributed by atoms with E-state index >= 15 is 0 Å². The van der Waals surface area contributed by atoms with Crippen LogP contribution in [0.3, 0.4) is 0 Å². The lowest BCUT2D eigenvalue weighted by Crippen LogP contribution is -2.50. The van der Waals surface area contributed by atoms with Gasteiger partial charge in [0.2, 0.25) is 0 Å². The average molecular weight is 429 g/mol. The van der Waals surface area contributed by atoms with Crippen molar-refractivity contribution in [1.82, 2.24) is 10.2 Å². The maximum absolute atomic E-state index is 12.8. The van der Waals surface area contributed by atoms with Gasteiger partial charge in [0.1, 0.15) is 0 Å². The Kier molecular flexibility index (Phi) is 7.86. The lowest BCUT2D eigenvalue weighted by Gasteiger charge is -2.28. The van der Waals surface area contributed by atoms with Gasteiger partial charge in [-0.2, -0.15) is 0 Å². The molecule has 0 radical (unpaired) electrons. The van der Waals surface area contributed by atoms with E-state index in [4.69, 9.17) is 14.2 Å². The SMILES string of the molecule is COCCN(C(=O)C(=O)NC(C)c1ccc(OC)c(OC)c1)C1CCS(=O)(=O)C1. The molecular formula is C19H28N2O7S. The molecule has 0 aromatic heterocycles. The zero-order valence-corrected chi connectivity index (χ0v) is 18.0. The normalized spacial score (nSPS) is 18.7. The largest absolute Gasteiger partial charge is 0.493 e. The van der Waals surface area contributed by atoms with Crippen LogP contribution in [0, 0.1) is 0 Å². The van der Waals surface area contributed by atoms with E-state index in [1.165, 1.54) is 26.2 Å². The summed E-state index contributed by atoms with van der Waals surface area (Å²) in [5.74, 6) is -0.627. The molecule has 1 fully saturated rings. The number of amides is 2. The van der Waals surface area contributed by atoms with Crippen LogP contribution in [0.4, 0.5) is 0 Å². The van der Waals surface area contributed by atoms with E-state index in [9.17, 15) is 18.0 Å². The lowest BCUT2D eigenvalue weighted by atomic mass is 10.1. The van der Waals surface area contributed by atoms with E-state index in [0.717, 1.165) is 5.56 Å². The maximum Gasteiger partial charge on any atom is 0.312 e. The van der Waals surface area contributed by atoms with Gasteiger partial charge >= 0.3 is 11.8 Å². The van der Waals surface area contributed by atoms with Crippen molar-refractivity contribution >= 4 is 21.7 Å². The van der Waals surface area contributed by atoms with Gasteiger partial charge in [-0.25, -0.2) is 8.42 Å². The molecular weight excluding hydrogens is 400 g/mol. The van der Waals surface area contributed by atoms with Gasteiger partial charge in [-0.05, 0) is 31.0 Å². The molecule has 1 aliphatic heterocycles. The zero-order chi connectivity index (χ0) is 21.6. The first-order chi connectivity index (χ1) is 13.7. The predicted octanol–water partition coefficient (Wildman–Crippen LogP) is 0.543. The smallest absolute Gasteiger partial charge is 0.312 e. The molecule has 2 rings (SSSR count). The van der Waals surface area contributed by atoms with E-state index in [2.05, 4.69) is 5.32 Å². The summed E-state index contributed by atoms with van der Waals surface area (Å²) in [5, 5.41) is 2.67. The molecule has 9 nitrogen and oxygen atoms in total. The second kappa shape index (κ2) is 9.93. The van der Waals surface area contributed by atoms with Gasteiger partial charge in [0.05, 0.1) is 38.4 Å². The van der Waals surface area contributed by atoms with Crippen molar-refractivity contribution in [2.45, 2.75) is 25.4 Å². The van der Waals surface area contributed by atoms with E-state index < -0.39 is 33.7 Å². The fourth-order valence-corrected chi connectivity index (χ4v) is 4.99. The summed E-state index contributed by atoms with van der Waals surface area (Å²) >= 11 is 0. The van der Waals surface area contributed by atoms with Crippen LogP contribution in [0.25, 0.3) is 0 Å². The second-order valence-electron chi connectivity index (χ2n) is 6.86. The summed E-state index contributed by atoms with van der Waals surface area (Å²) in [6.45, 7) is 2.10. The number of nitrogens with zero attached hydrogens (tertiary/aromatic N) is 1. The highest BCUT2D eigenvalue weighted by Crippen LogP contribution is 2.30. The highest BCUT2D eigenvalue weighted by atomic mass is 32.2. The quantitative estimate of drug-likeness (QED) is 0.602. The fourth-order valence-electron chi connectivity index (χ4n) is 3.26. The third kappa shape index (κ3) is 5.83. The minimum atomic E-state index is -3.20. The average Bonchev–Trinajstić information content (AvgIpc) is 3.06. The van der Waals surface area contributed by atoms with Crippen molar-refractivity contribution < 1.29 is 32.2 Å². The van der Waals surface area contributed by atoms with E-state index in [1.54, 1.807) is 25.1 Å². The van der Waals surface area contributed by atoms with E-state index in [-0.39, 0.29) is 24.7 Å². The van der Waals surface area contributed by atoms with Crippen molar-refractivity contribution in [1.29, 1.82) is 0 Å². The third-order valence-electron chi connectivity index (χ3n) is 4.90. The molecule has 2 amide bonds. The molecule has 162 valence electrons. The summed E-state index contributed by atoms with van der Waals surface area (Å²) in [5.41, 5.74) is 0.732. The molecule has 1 saturated heterocycles. The van der Waals surface area contributed by atoms with Crippen molar-refractivity contribution in [2.75, 3.05) is 46.0 Å². The summed E-state index contributed by atoms with van der Waals surface area (Å²) < 4.78 is 39.1. The molecule has 1 N–H and O–H groups in total. The number of benzene rings is 1. The van der Waals surface area contributed by atoms with Crippen LogP contribution in [-0.4, -0.2) is 77.2 Å². The van der Waals surface area contributed by atoms with Gasteiger partial charge in [0.15, 0.2) is 21.3 Å². The standard InChI is InChI=1S/C19H28N2O7S/c1-13(14-5-6-16(27-3)17(11-14)28-4)20-18(22)19(23)21(8-9-26-2)15-7-10-29(24,25)12-15/h5-6,11,13,15H,7-10,12H2,1-4H3,(H,20,22). The molecule has 1 aliphatic rings. The van der Waals surface area contributed by atoms with Gasteiger partial charge < -0.3 is 24.4 Å². The van der Waals surface area contributed by atoms with E-state index in [0.29, 0.717) is 17.9 Å². The van der Waals surface area contributed by atoms with Crippen LogP contribution in [0.2, 0.25) is 0 Å². The van der Waals surface area contributed by atoms with Crippen LogP contribution in [0.1, 0.15) is 24.9 Å². The molecule has 2 atom stereocenters. The number of methoxy groups -OCH3 is 3. The number of sulfone groups is 1. The zero-order valence-electron chi connectivity index (χ0n) is 17.1. The van der Waals surface area contributed by atoms with Gasteiger partial charge in [-0.3, -0.25) is 9.59 Å². The van der Waals surface area contributed by atoms with Crippen molar-refractivity contribution in [3.8, 4) is 11.5 Å². The number of hydrogen-bond acceptors (Lipinski definition) is 7. The summed E-state index contributed by atoms with van der Waals surface area (Å²) in [7, 11) is 1.32. The van der Waals surface area contributed by atoms with Crippen LogP contribution in [-0.2, 0) is 24.2 Å². The molecule has 1 aromatic rings. The number of ether oxygens (including phenoxy) is 3. The Bertz CT molecular complexity index is 841. The number of carbonyl (C=O) groups is 2. The number of carbonyl (C=O) groups excluding carboxylic acids is 2. The molecule has 10 heteroatoms. The molecule has 0 spiro atoms. The monoisotopic (exact) mass is 428 g/mol. The molecule has 1 heterocycles. The minimum absolute atomic E-state index is 0.0120. The molecule has 2 unspecified atom stereocenters. The molecule has 1 aromatic carbocycles. The fraction of sp³-hybridized carbons (Fsp3) is 0.579. The Hall–Kier alpha value is -2.33. The Morgan fingerprint density at radius 3 is 2.45 bits per heavy atom. The lowest BCUT2D eigenvalue weighted by molar-refractivity contribution is -0.147. The first kappa shape index (κ1) is 23.0. The Morgan fingerprint density at radius 2 is 1.90 bits per heavy atom. The Labute approximate surface area is 171 Å². The van der Waals surface area contributed by atoms with Gasteiger partial charge in [0, 0.05) is 19.7 Å². The molecule has 0 aliphatic carbocycles. The Balaban J connectivity index is 2.11. The predicted molar refractivity (Wildman–Crippen MR) is 107 cm³/mol. The Morgan fingerprint density at radius 1 is 1.21 bits per heavy atom. The molecule has 29 heavy (non-hydrogen) atoms. The first-order valence-corrected chi connectivity index (χ1v) is 11.1. The molecule has 0 bridgehead atoms. The van der Waals surface area contributed by atoms with Gasteiger partial charge in [-0.15, -0.1) is 0 Å². The second-order valence-corrected chi connectivity index (χ2v) is 9.09. The number of nitrogens with one attached hydrogen (secondary N) is 1. The summed E-state index contributed by atoms with van der Waals surface area (Å²) in [6, 6.07) is 4.21. The highest BCUT2D eigenvalue weighted by molar-refractivity contribution is 7.91. The van der Waals surface area contributed by atoms with Crippen molar-refractivity contribution in [3.63, 3.8) is 0 Å². The highest BCUT2D eigenvalue weighted by Gasteiger charge is 2.36. The van der Waals surface area contributed by atoms with Gasteiger partial charge in [-0.1, -0.05) is 6.07 Å². The number of rotatable bonds is 8.